The van der Waals surface area contributed by atoms with Crippen LogP contribution in [0.2, 0.25) is 0 Å². The molecule has 116 valence electrons. The van der Waals surface area contributed by atoms with Crippen molar-refractivity contribution >= 4 is 15.9 Å². The third kappa shape index (κ3) is 3.81. The van der Waals surface area contributed by atoms with Gasteiger partial charge in [-0.05, 0) is 18.6 Å². The van der Waals surface area contributed by atoms with Crippen LogP contribution in [-0.4, -0.2) is 49.6 Å². The molecule has 0 unspecified atom stereocenters. The van der Waals surface area contributed by atoms with Gasteiger partial charge in [-0.1, -0.05) is 31.5 Å². The molecule has 0 spiro atoms. The van der Waals surface area contributed by atoms with Crippen molar-refractivity contribution in [3.8, 4) is 0 Å². The zero-order valence-electron chi connectivity index (χ0n) is 11.9. The van der Waals surface area contributed by atoms with Crippen LogP contribution in [0.4, 0.5) is 0 Å². The molecule has 0 atom stereocenters. The number of nitrogens with zero attached hydrogens (tertiary/aromatic N) is 1. The fraction of sp³-hybridized carbons (Fsp3) is 0.500. The summed E-state index contributed by atoms with van der Waals surface area (Å²) < 4.78 is 26.2. The molecular weight excluding hydrogens is 292 g/mol. The van der Waals surface area contributed by atoms with Crippen LogP contribution in [0.25, 0.3) is 0 Å². The lowest BCUT2D eigenvalue weighted by Crippen LogP contribution is -2.64. The molecule has 1 aliphatic rings. The smallest absolute Gasteiger partial charge is 0.241 e. The normalized spacial score (nSPS) is 17.3. The molecular formula is C14H20N2O4S. The number of carbonyl (C=O) groups excluding carboxylic acids is 1. The first kappa shape index (κ1) is 15.9. The molecule has 0 aromatic heterocycles. The van der Waals surface area contributed by atoms with Gasteiger partial charge in [0, 0.05) is 0 Å². The number of likely N-dealkylation sites (tertiary alicyclic amines) is 1. The van der Waals surface area contributed by atoms with Crippen molar-refractivity contribution in [3.63, 3.8) is 0 Å². The number of amides is 1. The maximum Gasteiger partial charge on any atom is 0.241 e. The maximum atomic E-state index is 12.0. The average Bonchev–Trinajstić information content (AvgIpc) is 2.43. The lowest BCUT2D eigenvalue weighted by Gasteiger charge is -2.46. The maximum absolute atomic E-state index is 12.0. The van der Waals surface area contributed by atoms with Crippen LogP contribution in [0.5, 0.6) is 0 Å². The van der Waals surface area contributed by atoms with E-state index < -0.39 is 15.6 Å². The van der Waals surface area contributed by atoms with E-state index in [0.29, 0.717) is 6.42 Å². The molecule has 6 nitrogen and oxygen atoms in total. The van der Waals surface area contributed by atoms with E-state index in [-0.39, 0.29) is 30.4 Å². The quantitative estimate of drug-likeness (QED) is 0.793. The number of benzene rings is 1. The van der Waals surface area contributed by atoms with Crippen molar-refractivity contribution in [3.05, 3.63) is 30.3 Å². The number of hydrogen-bond acceptors (Lipinski definition) is 4. The Hall–Kier alpha value is -1.44. The lowest BCUT2D eigenvalue weighted by molar-refractivity contribution is -0.155. The van der Waals surface area contributed by atoms with Crippen LogP contribution in [-0.2, 0) is 14.8 Å². The standard InChI is InChI=1S/C14H20N2O4S/c1-2-8-14(18)10-16(11-14)13(17)9-15-21(19,20)12-6-4-3-5-7-12/h3-7,15,18H,2,8-11H2,1H3. The second-order valence-corrected chi connectivity index (χ2v) is 7.13. The minimum absolute atomic E-state index is 0.129. The van der Waals surface area contributed by atoms with E-state index in [1.54, 1.807) is 18.2 Å². The number of sulfonamides is 1. The zero-order valence-corrected chi connectivity index (χ0v) is 12.8. The number of β-amino-alcohol motifs (C(OH)–C–C–N with tert-alkyl or cyclic N) is 1. The molecule has 1 heterocycles. The molecule has 2 N–H and O–H groups in total. The molecule has 2 rings (SSSR count). The van der Waals surface area contributed by atoms with E-state index >= 15 is 0 Å². The van der Waals surface area contributed by atoms with Gasteiger partial charge in [-0.25, -0.2) is 13.1 Å². The second kappa shape index (κ2) is 6.13. The molecule has 1 amide bonds. The van der Waals surface area contributed by atoms with Gasteiger partial charge in [0.15, 0.2) is 0 Å². The van der Waals surface area contributed by atoms with Gasteiger partial charge in [0.1, 0.15) is 0 Å². The van der Waals surface area contributed by atoms with Gasteiger partial charge < -0.3 is 10.0 Å². The summed E-state index contributed by atoms with van der Waals surface area (Å²) in [7, 11) is -3.67. The Morgan fingerprint density at radius 3 is 2.52 bits per heavy atom. The molecule has 21 heavy (non-hydrogen) atoms. The summed E-state index contributed by atoms with van der Waals surface area (Å²) in [6.45, 7) is 2.22. The molecule has 1 fully saturated rings. The highest BCUT2D eigenvalue weighted by molar-refractivity contribution is 7.89. The number of hydrogen-bond donors (Lipinski definition) is 2. The van der Waals surface area contributed by atoms with Crippen LogP contribution < -0.4 is 4.72 Å². The van der Waals surface area contributed by atoms with Crippen molar-refractivity contribution in [2.75, 3.05) is 19.6 Å². The Balaban J connectivity index is 1.86. The summed E-state index contributed by atoms with van der Waals surface area (Å²) in [5.74, 6) is -0.324. The zero-order chi connectivity index (χ0) is 15.5. The fourth-order valence-electron chi connectivity index (χ4n) is 2.42. The van der Waals surface area contributed by atoms with Gasteiger partial charge in [-0.2, -0.15) is 0 Å². The Morgan fingerprint density at radius 2 is 1.95 bits per heavy atom. The van der Waals surface area contributed by atoms with E-state index in [1.165, 1.54) is 17.0 Å². The average molecular weight is 312 g/mol. The Morgan fingerprint density at radius 1 is 1.33 bits per heavy atom. The number of rotatable bonds is 6. The van der Waals surface area contributed by atoms with E-state index in [2.05, 4.69) is 4.72 Å². The fourth-order valence-corrected chi connectivity index (χ4v) is 3.41. The van der Waals surface area contributed by atoms with Crippen LogP contribution in [0.3, 0.4) is 0 Å². The molecule has 0 saturated carbocycles. The Bertz CT molecular complexity index is 595. The summed E-state index contributed by atoms with van der Waals surface area (Å²) in [6, 6.07) is 7.90. The summed E-state index contributed by atoms with van der Waals surface area (Å²) in [5, 5.41) is 10.0. The Kier molecular flexibility index (Phi) is 4.65. The van der Waals surface area contributed by atoms with E-state index in [4.69, 9.17) is 0 Å². The van der Waals surface area contributed by atoms with Crippen LogP contribution in [0.1, 0.15) is 19.8 Å². The minimum atomic E-state index is -3.67. The van der Waals surface area contributed by atoms with Gasteiger partial charge in [-0.15, -0.1) is 0 Å². The molecule has 7 heteroatoms. The topological polar surface area (TPSA) is 86.7 Å². The van der Waals surface area contributed by atoms with E-state index in [9.17, 15) is 18.3 Å². The van der Waals surface area contributed by atoms with Crippen molar-refractivity contribution in [2.24, 2.45) is 0 Å². The first-order valence-corrected chi connectivity index (χ1v) is 8.39. The third-order valence-corrected chi connectivity index (χ3v) is 4.92. The molecule has 0 bridgehead atoms. The van der Waals surface area contributed by atoms with Crippen LogP contribution in [0, 0.1) is 0 Å². The Labute approximate surface area is 124 Å². The molecule has 0 radical (unpaired) electrons. The van der Waals surface area contributed by atoms with Gasteiger partial charge in [0.25, 0.3) is 0 Å². The van der Waals surface area contributed by atoms with Crippen LogP contribution in [0.15, 0.2) is 35.2 Å². The number of aliphatic hydroxyl groups is 1. The highest BCUT2D eigenvalue weighted by Gasteiger charge is 2.42. The first-order chi connectivity index (χ1) is 9.86. The largest absolute Gasteiger partial charge is 0.386 e. The summed E-state index contributed by atoms with van der Waals surface area (Å²) in [4.78, 5) is 13.5. The lowest BCUT2D eigenvalue weighted by atomic mass is 9.89. The van der Waals surface area contributed by atoms with Crippen LogP contribution >= 0.6 is 0 Å². The highest BCUT2D eigenvalue weighted by Crippen LogP contribution is 2.25. The van der Waals surface area contributed by atoms with Crippen molar-refractivity contribution in [1.82, 2.24) is 9.62 Å². The number of carbonyl (C=O) groups is 1. The van der Waals surface area contributed by atoms with Crippen molar-refractivity contribution < 1.29 is 18.3 Å². The predicted octanol–water partition coefficient (Wildman–Crippen LogP) is 0.338. The minimum Gasteiger partial charge on any atom is -0.386 e. The summed E-state index contributed by atoms with van der Waals surface area (Å²) >= 11 is 0. The van der Waals surface area contributed by atoms with E-state index in [1.807, 2.05) is 6.92 Å². The molecule has 1 aliphatic heterocycles. The first-order valence-electron chi connectivity index (χ1n) is 6.91. The predicted molar refractivity (Wildman–Crippen MR) is 78.1 cm³/mol. The third-order valence-electron chi connectivity index (χ3n) is 3.51. The van der Waals surface area contributed by atoms with Gasteiger partial charge >= 0.3 is 0 Å². The summed E-state index contributed by atoms with van der Waals surface area (Å²) in [5.41, 5.74) is -0.803. The summed E-state index contributed by atoms with van der Waals surface area (Å²) in [6.07, 6.45) is 1.49. The monoisotopic (exact) mass is 312 g/mol. The molecule has 0 aliphatic carbocycles. The van der Waals surface area contributed by atoms with E-state index in [0.717, 1.165) is 6.42 Å². The highest BCUT2D eigenvalue weighted by atomic mass is 32.2. The van der Waals surface area contributed by atoms with Gasteiger partial charge in [0.05, 0.1) is 30.1 Å². The second-order valence-electron chi connectivity index (χ2n) is 5.36. The van der Waals surface area contributed by atoms with Gasteiger partial charge in [-0.3, -0.25) is 4.79 Å². The molecule has 1 aromatic carbocycles. The van der Waals surface area contributed by atoms with Crippen molar-refractivity contribution in [2.45, 2.75) is 30.3 Å². The SMILES string of the molecule is CCCC1(O)CN(C(=O)CNS(=O)(=O)c2ccccc2)C1. The molecule has 1 saturated heterocycles. The van der Waals surface area contributed by atoms with Crippen molar-refractivity contribution in [1.29, 1.82) is 0 Å². The number of nitrogens with one attached hydrogen (secondary N) is 1. The van der Waals surface area contributed by atoms with Gasteiger partial charge in [0.2, 0.25) is 15.9 Å². The molecule has 1 aromatic rings.